The van der Waals surface area contributed by atoms with E-state index in [1.807, 2.05) is 37.3 Å². The van der Waals surface area contributed by atoms with Gasteiger partial charge in [-0.2, -0.15) is 0 Å². The number of aryl methyl sites for hydroxylation is 1. The first kappa shape index (κ1) is 13.7. The predicted molar refractivity (Wildman–Crippen MR) is 82.2 cm³/mol. The van der Waals surface area contributed by atoms with Gasteiger partial charge < -0.3 is 10.8 Å². The summed E-state index contributed by atoms with van der Waals surface area (Å²) in [5.41, 5.74) is 8.67. The Morgan fingerprint density at radius 3 is 2.86 bits per heavy atom. The minimum Gasteiger partial charge on any atom is -0.480 e. The SMILES string of the molecule is Cc1cc(-c2nc(C(N)C(=O)O)cs2)nc2ccccc12. The number of carboxylic acid groups (broad SMARTS) is 1. The van der Waals surface area contributed by atoms with E-state index in [1.54, 1.807) is 5.38 Å². The predicted octanol–water partition coefficient (Wildman–Crippen LogP) is 2.75. The quantitative estimate of drug-likeness (QED) is 0.776. The fourth-order valence-corrected chi connectivity index (χ4v) is 2.95. The van der Waals surface area contributed by atoms with Gasteiger partial charge in [-0.25, -0.2) is 9.97 Å². The highest BCUT2D eigenvalue weighted by Gasteiger charge is 2.18. The molecule has 3 N–H and O–H groups in total. The van der Waals surface area contributed by atoms with E-state index in [-0.39, 0.29) is 0 Å². The second-order valence-electron chi connectivity index (χ2n) is 4.73. The van der Waals surface area contributed by atoms with Crippen molar-refractivity contribution < 1.29 is 9.90 Å². The molecule has 1 aromatic carbocycles. The van der Waals surface area contributed by atoms with Crippen molar-refractivity contribution in [1.29, 1.82) is 0 Å². The molecular formula is C15H13N3O2S. The van der Waals surface area contributed by atoms with Crippen LogP contribution >= 0.6 is 11.3 Å². The molecule has 6 heteroatoms. The Bertz CT molecular complexity index is 829. The molecule has 0 saturated heterocycles. The van der Waals surface area contributed by atoms with Crippen molar-refractivity contribution in [1.82, 2.24) is 9.97 Å². The van der Waals surface area contributed by atoms with E-state index in [9.17, 15) is 4.79 Å². The Hall–Kier alpha value is -2.31. The number of carbonyl (C=O) groups is 1. The van der Waals surface area contributed by atoms with Gasteiger partial charge in [-0.05, 0) is 24.6 Å². The molecule has 0 aliphatic heterocycles. The van der Waals surface area contributed by atoms with E-state index in [4.69, 9.17) is 10.8 Å². The number of benzene rings is 1. The van der Waals surface area contributed by atoms with Gasteiger partial charge in [0.1, 0.15) is 11.0 Å². The third kappa shape index (κ3) is 2.51. The first-order chi connectivity index (χ1) is 10.1. The molecule has 0 spiro atoms. The highest BCUT2D eigenvalue weighted by atomic mass is 32.1. The lowest BCUT2D eigenvalue weighted by molar-refractivity contribution is -0.138. The zero-order chi connectivity index (χ0) is 15.0. The van der Waals surface area contributed by atoms with E-state index in [0.29, 0.717) is 10.7 Å². The summed E-state index contributed by atoms with van der Waals surface area (Å²) in [5.74, 6) is -1.09. The highest BCUT2D eigenvalue weighted by molar-refractivity contribution is 7.13. The maximum atomic E-state index is 10.9. The van der Waals surface area contributed by atoms with E-state index in [1.165, 1.54) is 11.3 Å². The Labute approximate surface area is 125 Å². The Morgan fingerprint density at radius 2 is 2.10 bits per heavy atom. The Balaban J connectivity index is 2.07. The van der Waals surface area contributed by atoms with Crippen LogP contribution in [0.5, 0.6) is 0 Å². The number of carboxylic acids is 1. The summed E-state index contributed by atoms with van der Waals surface area (Å²) in [6.07, 6.45) is 0. The fraction of sp³-hybridized carbons (Fsp3) is 0.133. The minimum absolute atomic E-state index is 0.357. The number of pyridine rings is 1. The van der Waals surface area contributed by atoms with Crippen LogP contribution in [0.1, 0.15) is 17.3 Å². The average molecular weight is 299 g/mol. The molecule has 1 atom stereocenters. The number of hydrogen-bond acceptors (Lipinski definition) is 5. The molecule has 0 aliphatic rings. The van der Waals surface area contributed by atoms with Gasteiger partial charge in [0.2, 0.25) is 0 Å². The van der Waals surface area contributed by atoms with Crippen LogP contribution in [-0.2, 0) is 4.79 Å². The van der Waals surface area contributed by atoms with Crippen LogP contribution in [0.3, 0.4) is 0 Å². The molecule has 0 radical (unpaired) electrons. The molecule has 0 bridgehead atoms. The van der Waals surface area contributed by atoms with Crippen molar-refractivity contribution in [2.45, 2.75) is 13.0 Å². The second-order valence-corrected chi connectivity index (χ2v) is 5.59. The number of aliphatic carboxylic acids is 1. The smallest absolute Gasteiger partial charge is 0.326 e. The number of aromatic nitrogens is 2. The van der Waals surface area contributed by atoms with Gasteiger partial charge in [-0.15, -0.1) is 11.3 Å². The number of fused-ring (bicyclic) bond motifs is 1. The van der Waals surface area contributed by atoms with Crippen LogP contribution in [-0.4, -0.2) is 21.0 Å². The third-order valence-corrected chi connectivity index (χ3v) is 4.13. The van der Waals surface area contributed by atoms with Gasteiger partial charge in [0.05, 0.1) is 16.9 Å². The van der Waals surface area contributed by atoms with Crippen molar-refractivity contribution in [3.8, 4) is 10.7 Å². The molecule has 2 aromatic heterocycles. The molecule has 21 heavy (non-hydrogen) atoms. The Kier molecular flexibility index (Phi) is 3.40. The summed E-state index contributed by atoms with van der Waals surface area (Å²) in [6.45, 7) is 2.02. The maximum Gasteiger partial charge on any atom is 0.326 e. The number of rotatable bonds is 3. The van der Waals surface area contributed by atoms with Gasteiger partial charge in [0.25, 0.3) is 0 Å². The largest absolute Gasteiger partial charge is 0.480 e. The van der Waals surface area contributed by atoms with E-state index in [2.05, 4.69) is 9.97 Å². The van der Waals surface area contributed by atoms with Gasteiger partial charge >= 0.3 is 5.97 Å². The molecule has 0 fully saturated rings. The molecule has 106 valence electrons. The molecule has 3 aromatic rings. The lowest BCUT2D eigenvalue weighted by atomic mass is 10.1. The molecule has 0 aliphatic carbocycles. The Morgan fingerprint density at radius 1 is 1.33 bits per heavy atom. The molecule has 0 amide bonds. The summed E-state index contributed by atoms with van der Waals surface area (Å²) in [5, 5.41) is 12.4. The van der Waals surface area contributed by atoms with Crippen LogP contribution in [0.4, 0.5) is 0 Å². The zero-order valence-corrected chi connectivity index (χ0v) is 12.1. The summed E-state index contributed by atoms with van der Waals surface area (Å²) in [7, 11) is 0. The van der Waals surface area contributed by atoms with Crippen LogP contribution < -0.4 is 5.73 Å². The molecule has 1 unspecified atom stereocenters. The van der Waals surface area contributed by atoms with Crippen LogP contribution in [0.2, 0.25) is 0 Å². The van der Waals surface area contributed by atoms with Gasteiger partial charge in [0, 0.05) is 10.8 Å². The zero-order valence-electron chi connectivity index (χ0n) is 11.3. The fourth-order valence-electron chi connectivity index (χ4n) is 2.13. The monoisotopic (exact) mass is 299 g/mol. The topological polar surface area (TPSA) is 89.1 Å². The van der Waals surface area contributed by atoms with Crippen molar-refractivity contribution in [2.24, 2.45) is 5.73 Å². The van der Waals surface area contributed by atoms with E-state index in [0.717, 1.165) is 22.2 Å². The third-order valence-electron chi connectivity index (χ3n) is 3.25. The first-order valence-electron chi connectivity index (χ1n) is 6.37. The number of thiazole rings is 1. The standard InChI is InChI=1S/C15H13N3O2S/c1-8-6-11(17-10-5-3-2-4-9(8)10)14-18-12(7-21-14)13(16)15(19)20/h2-7,13H,16H2,1H3,(H,19,20). The highest BCUT2D eigenvalue weighted by Crippen LogP contribution is 2.28. The normalized spacial score (nSPS) is 12.5. The summed E-state index contributed by atoms with van der Waals surface area (Å²) in [6, 6.07) is 8.74. The molecule has 0 saturated carbocycles. The van der Waals surface area contributed by atoms with Crippen molar-refractivity contribution in [3.63, 3.8) is 0 Å². The number of nitrogens with zero attached hydrogens (tertiary/aromatic N) is 2. The van der Waals surface area contributed by atoms with Crippen LogP contribution in [0, 0.1) is 6.92 Å². The van der Waals surface area contributed by atoms with E-state index < -0.39 is 12.0 Å². The van der Waals surface area contributed by atoms with Crippen LogP contribution in [0.15, 0.2) is 35.7 Å². The maximum absolute atomic E-state index is 10.9. The van der Waals surface area contributed by atoms with Gasteiger partial charge in [0.15, 0.2) is 0 Å². The number of nitrogens with two attached hydrogens (primary N) is 1. The van der Waals surface area contributed by atoms with Gasteiger partial charge in [-0.1, -0.05) is 18.2 Å². The van der Waals surface area contributed by atoms with Crippen molar-refractivity contribution in [3.05, 3.63) is 47.0 Å². The lowest BCUT2D eigenvalue weighted by Gasteiger charge is -2.04. The molecule has 3 rings (SSSR count). The molecular weight excluding hydrogens is 286 g/mol. The minimum atomic E-state index is -1.10. The lowest BCUT2D eigenvalue weighted by Crippen LogP contribution is -2.20. The first-order valence-corrected chi connectivity index (χ1v) is 7.25. The summed E-state index contributed by atoms with van der Waals surface area (Å²) in [4.78, 5) is 19.8. The van der Waals surface area contributed by atoms with Crippen molar-refractivity contribution in [2.75, 3.05) is 0 Å². The summed E-state index contributed by atoms with van der Waals surface area (Å²) >= 11 is 1.35. The second kappa shape index (κ2) is 5.23. The van der Waals surface area contributed by atoms with E-state index >= 15 is 0 Å². The van der Waals surface area contributed by atoms with Crippen LogP contribution in [0.25, 0.3) is 21.6 Å². The van der Waals surface area contributed by atoms with Gasteiger partial charge in [-0.3, -0.25) is 4.79 Å². The molecule has 5 nitrogen and oxygen atoms in total. The summed E-state index contributed by atoms with van der Waals surface area (Å²) < 4.78 is 0. The number of hydrogen-bond donors (Lipinski definition) is 2. The average Bonchev–Trinajstić information content (AvgIpc) is 2.96. The van der Waals surface area contributed by atoms with Crippen molar-refractivity contribution >= 4 is 28.2 Å². The molecule has 2 heterocycles. The number of para-hydroxylation sites is 1.